The van der Waals surface area contributed by atoms with Crippen LogP contribution in [0.1, 0.15) is 46.1 Å². The molecule has 4 nitrogen and oxygen atoms in total. The molecular weight excluding hydrogens is 406 g/mol. The van der Waals surface area contributed by atoms with Crippen LogP contribution in [0.3, 0.4) is 0 Å². The van der Waals surface area contributed by atoms with E-state index in [4.69, 9.17) is 0 Å². The smallest absolute Gasteiger partial charge is 0.274 e. The third-order valence-corrected chi connectivity index (χ3v) is 7.33. The number of carbonyl (C=O) groups excluding carboxylic acids is 1. The summed E-state index contributed by atoms with van der Waals surface area (Å²) in [6, 6.07) is 34.9. The summed E-state index contributed by atoms with van der Waals surface area (Å²) in [5.74, 6) is 0.00864. The van der Waals surface area contributed by atoms with Gasteiger partial charge in [-0.05, 0) is 34.9 Å². The molecule has 1 fully saturated rings. The molecule has 2 aliphatic rings. The summed E-state index contributed by atoms with van der Waals surface area (Å²) in [5, 5.41) is 3.71. The lowest BCUT2D eigenvalue weighted by atomic mass is 9.68. The monoisotopic (exact) mass is 431 g/mol. The van der Waals surface area contributed by atoms with Gasteiger partial charge >= 0.3 is 0 Å². The molecule has 0 saturated carbocycles. The molecule has 1 amide bonds. The summed E-state index contributed by atoms with van der Waals surface area (Å²) < 4.78 is 0. The Morgan fingerprint density at radius 2 is 1.45 bits per heavy atom. The minimum Gasteiger partial charge on any atom is -0.364 e. The van der Waals surface area contributed by atoms with Crippen LogP contribution in [0.4, 0.5) is 5.69 Å². The Labute approximate surface area is 193 Å². The second-order valence-electron chi connectivity index (χ2n) is 9.05. The molecule has 0 spiro atoms. The summed E-state index contributed by atoms with van der Waals surface area (Å²) in [4.78, 5) is 20.5. The van der Waals surface area contributed by atoms with Gasteiger partial charge in [-0.2, -0.15) is 0 Å². The third-order valence-electron chi connectivity index (χ3n) is 7.33. The minimum atomic E-state index is -0.317. The van der Waals surface area contributed by atoms with Gasteiger partial charge in [0.25, 0.3) is 5.91 Å². The number of amides is 1. The molecule has 4 atom stereocenters. The third kappa shape index (κ3) is 2.91. The molecule has 1 unspecified atom stereocenters. The highest BCUT2D eigenvalue weighted by atomic mass is 16.2. The number of nitrogens with one attached hydrogen (secondary N) is 1. The van der Waals surface area contributed by atoms with Gasteiger partial charge in [0.15, 0.2) is 0 Å². The minimum absolute atomic E-state index is 0.0561. The van der Waals surface area contributed by atoms with E-state index in [1.165, 1.54) is 11.1 Å². The first kappa shape index (κ1) is 19.7. The zero-order valence-electron chi connectivity index (χ0n) is 18.4. The maximum absolute atomic E-state index is 14.1. The highest BCUT2D eigenvalue weighted by Gasteiger charge is 2.63. The molecule has 1 saturated heterocycles. The predicted molar refractivity (Wildman–Crippen MR) is 130 cm³/mol. The van der Waals surface area contributed by atoms with E-state index in [9.17, 15) is 4.79 Å². The molecule has 1 N–H and O–H groups in total. The van der Waals surface area contributed by atoms with Gasteiger partial charge in [-0.3, -0.25) is 9.78 Å². The molecule has 33 heavy (non-hydrogen) atoms. The van der Waals surface area contributed by atoms with Crippen molar-refractivity contribution >= 4 is 11.6 Å². The highest BCUT2D eigenvalue weighted by molar-refractivity contribution is 5.94. The van der Waals surface area contributed by atoms with Crippen molar-refractivity contribution in [2.45, 2.75) is 30.5 Å². The molecule has 0 bridgehead atoms. The molecule has 4 heteroatoms. The standard InChI is InChI=1S/C29H25N3O/c1-29-22-16-8-9-17-23(22)31-28(29)32(27(33)24-18-10-11-19-30-24)26(21-14-6-3-7-15-21)25(29)20-12-4-2-5-13-20/h2-19,25-26,28,31H,1H3/t25-,26-,28?,29+/m0/s1. The summed E-state index contributed by atoms with van der Waals surface area (Å²) in [7, 11) is 0. The average Bonchev–Trinajstić information content (AvgIpc) is 3.32. The Bertz CT molecular complexity index is 1290. The fourth-order valence-corrected chi connectivity index (χ4v) is 5.93. The molecule has 3 aromatic carbocycles. The van der Waals surface area contributed by atoms with E-state index < -0.39 is 0 Å². The number of hydrogen-bond acceptors (Lipinski definition) is 3. The van der Waals surface area contributed by atoms with Crippen LogP contribution < -0.4 is 5.32 Å². The van der Waals surface area contributed by atoms with Gasteiger partial charge in [0.2, 0.25) is 0 Å². The maximum Gasteiger partial charge on any atom is 0.274 e. The number of pyridine rings is 1. The molecular formula is C29H25N3O. The second kappa shape index (κ2) is 7.59. The Morgan fingerprint density at radius 3 is 2.15 bits per heavy atom. The van der Waals surface area contributed by atoms with Crippen molar-refractivity contribution in [2.24, 2.45) is 0 Å². The van der Waals surface area contributed by atoms with Crippen molar-refractivity contribution in [1.29, 1.82) is 0 Å². The van der Waals surface area contributed by atoms with Gasteiger partial charge in [-0.15, -0.1) is 0 Å². The Hall–Kier alpha value is -3.92. The van der Waals surface area contributed by atoms with E-state index >= 15 is 0 Å². The fraction of sp³-hybridized carbons (Fsp3) is 0.172. The fourth-order valence-electron chi connectivity index (χ4n) is 5.93. The first-order valence-electron chi connectivity index (χ1n) is 11.4. The summed E-state index contributed by atoms with van der Waals surface area (Å²) >= 11 is 0. The number of hydrogen-bond donors (Lipinski definition) is 1. The van der Waals surface area contributed by atoms with Crippen LogP contribution in [-0.4, -0.2) is 22.0 Å². The lowest BCUT2D eigenvalue weighted by Crippen LogP contribution is -2.46. The van der Waals surface area contributed by atoms with E-state index in [1.807, 2.05) is 35.2 Å². The Balaban J connectivity index is 1.61. The number of fused-ring (bicyclic) bond motifs is 3. The first-order valence-corrected chi connectivity index (χ1v) is 11.4. The molecule has 6 rings (SSSR count). The molecule has 2 aliphatic heterocycles. The van der Waals surface area contributed by atoms with E-state index in [1.54, 1.807) is 12.3 Å². The van der Waals surface area contributed by atoms with E-state index in [0.29, 0.717) is 5.69 Å². The quantitative estimate of drug-likeness (QED) is 0.448. The molecule has 162 valence electrons. The van der Waals surface area contributed by atoms with Gasteiger partial charge in [-0.25, -0.2) is 0 Å². The number of benzene rings is 3. The van der Waals surface area contributed by atoms with Crippen molar-refractivity contribution in [3.05, 3.63) is 132 Å². The van der Waals surface area contributed by atoms with Crippen molar-refractivity contribution in [3.63, 3.8) is 0 Å². The Morgan fingerprint density at radius 1 is 0.818 bits per heavy atom. The number of carbonyl (C=O) groups is 1. The average molecular weight is 432 g/mol. The molecule has 0 radical (unpaired) electrons. The van der Waals surface area contributed by atoms with Crippen LogP contribution in [-0.2, 0) is 5.41 Å². The SMILES string of the molecule is C[C@]12c3ccccc3NC1N(C(=O)c1ccccn1)[C@@H](c1ccccc1)[C@@H]2c1ccccc1. The zero-order chi connectivity index (χ0) is 22.4. The van der Waals surface area contributed by atoms with Gasteiger partial charge in [-0.1, -0.05) is 91.9 Å². The van der Waals surface area contributed by atoms with E-state index in [0.717, 1.165) is 11.3 Å². The molecule has 4 aromatic rings. The van der Waals surface area contributed by atoms with Crippen molar-refractivity contribution < 1.29 is 4.79 Å². The highest BCUT2D eigenvalue weighted by Crippen LogP contribution is 2.62. The topological polar surface area (TPSA) is 45.2 Å². The van der Waals surface area contributed by atoms with Crippen molar-refractivity contribution in [1.82, 2.24) is 9.88 Å². The Kier molecular flexibility index (Phi) is 4.54. The number of anilines is 1. The molecule has 3 heterocycles. The van der Waals surface area contributed by atoms with Gasteiger partial charge in [0, 0.05) is 23.2 Å². The number of likely N-dealkylation sites (tertiary alicyclic amines) is 1. The maximum atomic E-state index is 14.1. The summed E-state index contributed by atoms with van der Waals surface area (Å²) in [6.45, 7) is 2.30. The predicted octanol–water partition coefficient (Wildman–Crippen LogP) is 5.77. The van der Waals surface area contributed by atoms with Crippen molar-refractivity contribution in [2.75, 3.05) is 5.32 Å². The van der Waals surface area contributed by atoms with Crippen LogP contribution in [0.25, 0.3) is 0 Å². The second-order valence-corrected chi connectivity index (χ2v) is 9.05. The van der Waals surface area contributed by atoms with E-state index in [-0.39, 0.29) is 29.4 Å². The zero-order valence-corrected chi connectivity index (χ0v) is 18.4. The van der Waals surface area contributed by atoms with E-state index in [2.05, 4.69) is 84.0 Å². The van der Waals surface area contributed by atoms with Crippen LogP contribution in [0, 0.1) is 0 Å². The van der Waals surface area contributed by atoms with Gasteiger partial charge in [0.1, 0.15) is 11.9 Å². The van der Waals surface area contributed by atoms with Gasteiger partial charge in [0.05, 0.1) is 6.04 Å². The number of para-hydroxylation sites is 1. The number of aromatic nitrogens is 1. The largest absolute Gasteiger partial charge is 0.364 e. The normalized spacial score (nSPS) is 25.2. The van der Waals surface area contributed by atoms with Crippen LogP contribution in [0.2, 0.25) is 0 Å². The molecule has 0 aliphatic carbocycles. The summed E-state index contributed by atoms with van der Waals surface area (Å²) in [5.41, 5.74) is 4.85. The van der Waals surface area contributed by atoms with Crippen LogP contribution in [0.15, 0.2) is 109 Å². The lowest BCUT2D eigenvalue weighted by molar-refractivity contribution is 0.0663. The van der Waals surface area contributed by atoms with Gasteiger partial charge < -0.3 is 10.2 Å². The molecule has 1 aromatic heterocycles. The number of rotatable bonds is 3. The first-order chi connectivity index (χ1) is 16.2. The van der Waals surface area contributed by atoms with Crippen molar-refractivity contribution in [3.8, 4) is 0 Å². The lowest BCUT2D eigenvalue weighted by Gasteiger charge is -2.33. The summed E-state index contributed by atoms with van der Waals surface area (Å²) in [6.07, 6.45) is 1.49. The van der Waals surface area contributed by atoms with Crippen LogP contribution >= 0.6 is 0 Å². The van der Waals surface area contributed by atoms with Crippen LogP contribution in [0.5, 0.6) is 0 Å². The number of nitrogens with zero attached hydrogens (tertiary/aromatic N) is 2.